The number of amides is 1. The van der Waals surface area contributed by atoms with Gasteiger partial charge >= 0.3 is 5.97 Å². The Hall–Kier alpha value is -3.79. The molecule has 0 saturated heterocycles. The molecule has 1 N–H and O–H groups in total. The van der Waals surface area contributed by atoms with Gasteiger partial charge in [0.1, 0.15) is 0 Å². The number of rotatable bonds is 8. The van der Waals surface area contributed by atoms with Crippen LogP contribution in [-0.4, -0.2) is 33.5 Å². The predicted molar refractivity (Wildman–Crippen MR) is 105 cm³/mol. The van der Waals surface area contributed by atoms with Gasteiger partial charge in [0.05, 0.1) is 11.3 Å². The number of carbonyl (C=O) groups is 2. The van der Waals surface area contributed by atoms with Gasteiger partial charge < -0.3 is 14.6 Å². The summed E-state index contributed by atoms with van der Waals surface area (Å²) in [5.74, 6) is -0.552. The highest BCUT2D eigenvalue weighted by Crippen LogP contribution is 2.19. The molecule has 0 fully saturated rings. The smallest absolute Gasteiger partial charge is 0.308 e. The number of esters is 1. The van der Waals surface area contributed by atoms with Crippen molar-refractivity contribution in [3.63, 3.8) is 0 Å². The van der Waals surface area contributed by atoms with Crippen LogP contribution in [0.3, 0.4) is 0 Å². The van der Waals surface area contributed by atoms with Crippen LogP contribution in [0.15, 0.2) is 53.1 Å². The minimum atomic E-state index is -0.565. The number of non-ortho nitro benzene ring substituents is 1. The van der Waals surface area contributed by atoms with Crippen molar-refractivity contribution in [2.75, 3.05) is 6.54 Å². The fourth-order valence-corrected chi connectivity index (χ4v) is 2.48. The van der Waals surface area contributed by atoms with Crippen molar-refractivity contribution in [2.45, 2.75) is 13.0 Å². The third kappa shape index (κ3) is 5.61. The summed E-state index contributed by atoms with van der Waals surface area (Å²) < 4.78 is 10.1. The molecule has 0 aliphatic rings. The lowest BCUT2D eigenvalue weighted by molar-refractivity contribution is -0.384. The second-order valence-corrected chi connectivity index (χ2v) is 6.43. The number of nitro benzene ring substituents is 1. The molecular formula is C19H15ClN4O6. The van der Waals surface area contributed by atoms with Crippen LogP contribution in [0.25, 0.3) is 11.4 Å². The molecule has 0 radical (unpaired) electrons. The summed E-state index contributed by atoms with van der Waals surface area (Å²) in [7, 11) is 0. The van der Waals surface area contributed by atoms with E-state index in [9.17, 15) is 19.7 Å². The van der Waals surface area contributed by atoms with E-state index in [4.69, 9.17) is 20.9 Å². The van der Waals surface area contributed by atoms with Gasteiger partial charge in [-0.1, -0.05) is 16.8 Å². The first-order valence-corrected chi connectivity index (χ1v) is 9.07. The monoisotopic (exact) mass is 430 g/mol. The van der Waals surface area contributed by atoms with Gasteiger partial charge in [0.2, 0.25) is 5.82 Å². The maximum Gasteiger partial charge on any atom is 0.308 e. The lowest BCUT2D eigenvalue weighted by Gasteiger charge is -2.05. The molecule has 0 unspecified atom stereocenters. The second-order valence-electron chi connectivity index (χ2n) is 5.99. The third-order valence-corrected chi connectivity index (χ3v) is 4.13. The molecule has 0 saturated carbocycles. The molecule has 154 valence electrons. The van der Waals surface area contributed by atoms with Gasteiger partial charge in [-0.2, -0.15) is 4.98 Å². The minimum absolute atomic E-state index is 0.0362. The summed E-state index contributed by atoms with van der Waals surface area (Å²) in [5.41, 5.74) is 0.833. The molecule has 2 aromatic carbocycles. The Bertz CT molecular complexity index is 1050. The molecule has 1 heterocycles. The fraction of sp³-hybridized carbons (Fsp3) is 0.158. The zero-order valence-electron chi connectivity index (χ0n) is 15.4. The molecule has 0 aliphatic heterocycles. The van der Waals surface area contributed by atoms with E-state index in [1.165, 1.54) is 24.3 Å². The van der Waals surface area contributed by atoms with Crippen LogP contribution in [0.2, 0.25) is 5.02 Å². The SMILES string of the molecule is O=C(CCNC(=O)c1ccc([N+](=O)[O-])cc1)OCc1nc(-c2ccc(Cl)cc2)no1. The van der Waals surface area contributed by atoms with Gasteiger partial charge in [-0.3, -0.25) is 19.7 Å². The first-order valence-electron chi connectivity index (χ1n) is 8.69. The van der Waals surface area contributed by atoms with Gasteiger partial charge in [0, 0.05) is 34.8 Å². The number of halogens is 1. The maximum absolute atomic E-state index is 12.0. The van der Waals surface area contributed by atoms with Gasteiger partial charge in [-0.25, -0.2) is 0 Å². The summed E-state index contributed by atoms with van der Waals surface area (Å²) in [6.07, 6.45) is -0.0725. The minimum Gasteiger partial charge on any atom is -0.456 e. The van der Waals surface area contributed by atoms with E-state index in [0.29, 0.717) is 16.4 Å². The van der Waals surface area contributed by atoms with Crippen molar-refractivity contribution in [1.29, 1.82) is 0 Å². The van der Waals surface area contributed by atoms with Crippen LogP contribution in [0, 0.1) is 10.1 Å². The Balaban J connectivity index is 1.41. The highest BCUT2D eigenvalue weighted by atomic mass is 35.5. The molecule has 3 aromatic rings. The normalized spacial score (nSPS) is 10.4. The lowest BCUT2D eigenvalue weighted by atomic mass is 10.2. The second kappa shape index (κ2) is 9.61. The zero-order chi connectivity index (χ0) is 21.5. The average Bonchev–Trinajstić information content (AvgIpc) is 3.22. The number of nitro groups is 1. The van der Waals surface area contributed by atoms with Crippen molar-refractivity contribution >= 4 is 29.2 Å². The number of hydrogen-bond donors (Lipinski definition) is 1. The van der Waals surface area contributed by atoms with Crippen molar-refractivity contribution in [2.24, 2.45) is 0 Å². The summed E-state index contributed by atoms with van der Waals surface area (Å²) >= 11 is 5.83. The van der Waals surface area contributed by atoms with E-state index in [-0.39, 0.29) is 36.7 Å². The summed E-state index contributed by atoms with van der Waals surface area (Å²) in [6, 6.07) is 12.0. The topological polar surface area (TPSA) is 137 Å². The first kappa shape index (κ1) is 20.9. The van der Waals surface area contributed by atoms with Gasteiger partial charge in [-0.05, 0) is 36.4 Å². The van der Waals surface area contributed by atoms with E-state index < -0.39 is 16.8 Å². The van der Waals surface area contributed by atoms with E-state index in [1.54, 1.807) is 24.3 Å². The molecule has 10 nitrogen and oxygen atoms in total. The molecule has 0 aliphatic carbocycles. The molecule has 3 rings (SSSR count). The highest BCUT2D eigenvalue weighted by molar-refractivity contribution is 6.30. The third-order valence-electron chi connectivity index (χ3n) is 3.88. The highest BCUT2D eigenvalue weighted by Gasteiger charge is 2.13. The van der Waals surface area contributed by atoms with Crippen LogP contribution >= 0.6 is 11.6 Å². The van der Waals surface area contributed by atoms with Crippen molar-refractivity contribution in [1.82, 2.24) is 15.5 Å². The Morgan fingerprint density at radius 3 is 2.50 bits per heavy atom. The molecule has 1 amide bonds. The van der Waals surface area contributed by atoms with Crippen LogP contribution in [0.1, 0.15) is 22.7 Å². The lowest BCUT2D eigenvalue weighted by Crippen LogP contribution is -2.26. The standard InChI is InChI=1S/C19H15ClN4O6/c20-14-5-1-12(2-6-14)18-22-16(30-23-18)11-29-17(25)9-10-21-19(26)13-3-7-15(8-4-13)24(27)28/h1-8H,9-11H2,(H,21,26). The van der Waals surface area contributed by atoms with Crippen LogP contribution in [0.4, 0.5) is 5.69 Å². The Kier molecular flexibility index (Phi) is 6.71. The molecular weight excluding hydrogens is 416 g/mol. The number of hydrogen-bond acceptors (Lipinski definition) is 8. The van der Waals surface area contributed by atoms with Crippen LogP contribution < -0.4 is 5.32 Å². The molecule has 11 heteroatoms. The van der Waals surface area contributed by atoms with Crippen molar-refractivity contribution in [3.05, 3.63) is 75.1 Å². The van der Waals surface area contributed by atoms with Gasteiger partial charge in [-0.15, -0.1) is 0 Å². The first-order chi connectivity index (χ1) is 14.4. The van der Waals surface area contributed by atoms with Crippen molar-refractivity contribution < 1.29 is 23.8 Å². The van der Waals surface area contributed by atoms with Crippen molar-refractivity contribution in [3.8, 4) is 11.4 Å². The molecule has 1 aromatic heterocycles. The quantitative estimate of drug-likeness (QED) is 0.326. The number of benzene rings is 2. The summed E-state index contributed by atoms with van der Waals surface area (Å²) in [4.78, 5) is 38.0. The maximum atomic E-state index is 12.0. The molecule has 0 atom stereocenters. The van der Waals surface area contributed by atoms with E-state index in [0.717, 1.165) is 0 Å². The van der Waals surface area contributed by atoms with E-state index in [2.05, 4.69) is 15.5 Å². The molecule has 0 bridgehead atoms. The van der Waals surface area contributed by atoms with E-state index in [1.807, 2.05) is 0 Å². The summed E-state index contributed by atoms with van der Waals surface area (Å²) in [6.45, 7) is -0.162. The zero-order valence-corrected chi connectivity index (χ0v) is 16.2. The fourth-order valence-electron chi connectivity index (χ4n) is 2.36. The average molecular weight is 431 g/mol. The van der Waals surface area contributed by atoms with Gasteiger partial charge in [0.15, 0.2) is 6.61 Å². The predicted octanol–water partition coefficient (Wildman–Crippen LogP) is 3.16. The largest absolute Gasteiger partial charge is 0.456 e. The number of aromatic nitrogens is 2. The van der Waals surface area contributed by atoms with Gasteiger partial charge in [0.25, 0.3) is 17.5 Å². The Morgan fingerprint density at radius 1 is 1.13 bits per heavy atom. The number of nitrogens with zero attached hydrogens (tertiary/aromatic N) is 3. The molecule has 0 spiro atoms. The Labute approximate surface area is 174 Å². The van der Waals surface area contributed by atoms with E-state index >= 15 is 0 Å². The summed E-state index contributed by atoms with van der Waals surface area (Å²) in [5, 5.41) is 17.5. The van der Waals surface area contributed by atoms with Crippen LogP contribution in [0.5, 0.6) is 0 Å². The molecule has 30 heavy (non-hydrogen) atoms. The number of carbonyl (C=O) groups excluding carboxylic acids is 2. The van der Waals surface area contributed by atoms with Crippen LogP contribution in [-0.2, 0) is 16.1 Å². The number of nitrogens with one attached hydrogen (secondary N) is 1. The Morgan fingerprint density at radius 2 is 1.83 bits per heavy atom. The number of ether oxygens (including phenoxy) is 1.